The van der Waals surface area contributed by atoms with Crippen LogP contribution in [0, 0.1) is 17.8 Å². The van der Waals surface area contributed by atoms with Crippen molar-refractivity contribution in [2.75, 3.05) is 19.7 Å². The van der Waals surface area contributed by atoms with Gasteiger partial charge in [-0.05, 0) is 45.6 Å². The average Bonchev–Trinajstić information content (AvgIpc) is 3.42. The highest BCUT2D eigenvalue weighted by atomic mass is 16.5. The van der Waals surface area contributed by atoms with Crippen LogP contribution in [0.25, 0.3) is 0 Å². The molecule has 3 aliphatic rings. The number of aliphatic hydroxyl groups is 1. The number of carbonyl (C=O) groups is 3. The highest BCUT2D eigenvalue weighted by molar-refractivity contribution is 5.99. The zero-order valence-corrected chi connectivity index (χ0v) is 23.9. The van der Waals surface area contributed by atoms with Crippen LogP contribution in [0.1, 0.15) is 46.6 Å². The number of ether oxygens (including phenoxy) is 1. The van der Waals surface area contributed by atoms with E-state index in [1.165, 1.54) is 4.90 Å². The summed E-state index contributed by atoms with van der Waals surface area (Å²) in [5.41, 5.74) is -1.10. The molecule has 3 unspecified atom stereocenters. The predicted molar refractivity (Wildman–Crippen MR) is 149 cm³/mol. The third kappa shape index (κ3) is 4.51. The number of nitrogens with zero attached hydrogens (tertiary/aromatic N) is 3. The van der Waals surface area contributed by atoms with Crippen molar-refractivity contribution >= 4 is 17.7 Å². The van der Waals surface area contributed by atoms with E-state index in [1.807, 2.05) is 58.0 Å². The fraction of sp³-hybridized carbons (Fsp3) is 0.581. The molecule has 3 heterocycles. The maximum absolute atomic E-state index is 14.4. The van der Waals surface area contributed by atoms with E-state index in [9.17, 15) is 19.5 Å². The Morgan fingerprint density at radius 3 is 2.36 bits per heavy atom. The van der Waals surface area contributed by atoms with Crippen molar-refractivity contribution in [2.24, 2.45) is 17.8 Å². The maximum atomic E-state index is 14.4. The van der Waals surface area contributed by atoms with Crippen LogP contribution in [0.15, 0.2) is 55.6 Å². The third-order valence-corrected chi connectivity index (χ3v) is 9.10. The molecule has 3 aliphatic heterocycles. The van der Waals surface area contributed by atoms with Crippen molar-refractivity contribution in [3.63, 3.8) is 0 Å². The van der Waals surface area contributed by atoms with Gasteiger partial charge >= 0.3 is 0 Å². The summed E-state index contributed by atoms with van der Waals surface area (Å²) in [5, 5.41) is 10.1. The first kappa shape index (κ1) is 29.0. The summed E-state index contributed by atoms with van der Waals surface area (Å²) >= 11 is 0. The molecule has 0 aliphatic carbocycles. The second-order valence-corrected chi connectivity index (χ2v) is 11.8. The van der Waals surface area contributed by atoms with E-state index in [0.29, 0.717) is 26.1 Å². The van der Waals surface area contributed by atoms with E-state index in [-0.39, 0.29) is 36.3 Å². The van der Waals surface area contributed by atoms with Crippen LogP contribution in [0.2, 0.25) is 0 Å². The molecule has 39 heavy (non-hydrogen) atoms. The fourth-order valence-electron chi connectivity index (χ4n) is 7.13. The molecule has 3 amide bonds. The molecule has 4 rings (SSSR count). The second kappa shape index (κ2) is 10.9. The molecule has 0 saturated carbocycles. The summed E-state index contributed by atoms with van der Waals surface area (Å²) in [7, 11) is 0. The summed E-state index contributed by atoms with van der Waals surface area (Å²) in [6, 6.07) is 8.03. The Hall–Kier alpha value is -2.97. The predicted octanol–water partition coefficient (Wildman–Crippen LogP) is 3.02. The van der Waals surface area contributed by atoms with Gasteiger partial charge in [-0.2, -0.15) is 0 Å². The van der Waals surface area contributed by atoms with Gasteiger partial charge in [-0.1, -0.05) is 49.4 Å². The Balaban J connectivity index is 1.81. The van der Waals surface area contributed by atoms with Crippen molar-refractivity contribution in [3.8, 4) is 0 Å². The van der Waals surface area contributed by atoms with Gasteiger partial charge < -0.3 is 24.5 Å². The fourth-order valence-corrected chi connectivity index (χ4v) is 7.13. The highest BCUT2D eigenvalue weighted by Gasteiger charge is 2.80. The number of aliphatic hydroxyl groups excluding tert-OH is 1. The largest absolute Gasteiger partial charge is 0.394 e. The van der Waals surface area contributed by atoms with Crippen LogP contribution in [0.4, 0.5) is 0 Å². The lowest BCUT2D eigenvalue weighted by Gasteiger charge is -2.40. The SMILES string of the molecule is C=CCN(Cc1ccccc1)C(=O)[C@H]1[C@H]2C(=O)N([C@H](C)CO)C(C(=O)N(CC=C)C(C)C)C23CC(C)[C@]1(C)O3. The van der Waals surface area contributed by atoms with Crippen molar-refractivity contribution in [3.05, 3.63) is 61.2 Å². The van der Waals surface area contributed by atoms with Crippen LogP contribution in [0.3, 0.4) is 0 Å². The van der Waals surface area contributed by atoms with Gasteiger partial charge in [0.1, 0.15) is 11.6 Å². The lowest BCUT2D eigenvalue weighted by Crippen LogP contribution is -2.59. The Labute approximate surface area is 232 Å². The van der Waals surface area contributed by atoms with Crippen molar-refractivity contribution in [1.82, 2.24) is 14.7 Å². The van der Waals surface area contributed by atoms with Crippen LogP contribution < -0.4 is 0 Å². The number of carbonyl (C=O) groups excluding carboxylic acids is 3. The Morgan fingerprint density at radius 2 is 1.79 bits per heavy atom. The van der Waals surface area contributed by atoms with Gasteiger partial charge in [0, 0.05) is 25.7 Å². The molecule has 1 aromatic rings. The zero-order chi connectivity index (χ0) is 28.7. The van der Waals surface area contributed by atoms with Crippen molar-refractivity contribution in [1.29, 1.82) is 0 Å². The topological polar surface area (TPSA) is 90.4 Å². The molecule has 212 valence electrons. The molecule has 1 N–H and O–H groups in total. The van der Waals surface area contributed by atoms with E-state index in [2.05, 4.69) is 13.2 Å². The second-order valence-electron chi connectivity index (χ2n) is 11.8. The van der Waals surface area contributed by atoms with Gasteiger partial charge in [0.25, 0.3) is 0 Å². The average molecular weight is 538 g/mol. The zero-order valence-electron chi connectivity index (χ0n) is 23.9. The number of rotatable bonds is 11. The molecule has 1 spiro atoms. The number of hydrogen-bond acceptors (Lipinski definition) is 5. The number of benzene rings is 1. The van der Waals surface area contributed by atoms with Gasteiger partial charge in [0.2, 0.25) is 17.7 Å². The lowest BCUT2D eigenvalue weighted by molar-refractivity contribution is -0.158. The Bertz CT molecular complexity index is 1120. The molecule has 8 heteroatoms. The van der Waals surface area contributed by atoms with Crippen LogP contribution in [-0.4, -0.2) is 86.6 Å². The van der Waals surface area contributed by atoms with Crippen LogP contribution >= 0.6 is 0 Å². The van der Waals surface area contributed by atoms with E-state index >= 15 is 0 Å². The minimum atomic E-state index is -1.16. The number of hydrogen-bond donors (Lipinski definition) is 1. The summed E-state index contributed by atoms with van der Waals surface area (Å²) in [6.45, 7) is 17.9. The standard InChI is InChI=1S/C31H43N3O5/c1-8-15-32(18-23-13-11-10-12-14-23)27(36)24-25-28(37)34(22(6)19-35)26(29(38)33(16-9-2)20(3)4)31(25)17-21(5)30(24,7)39-31/h8-14,20-22,24-26,35H,1-2,15-19H2,3-7H3/t21?,22-,24-,25+,26?,30+,31?/m1/s1. The van der Waals surface area contributed by atoms with E-state index in [1.54, 1.807) is 28.9 Å². The number of fused-ring (bicyclic) bond motifs is 1. The third-order valence-electron chi connectivity index (χ3n) is 9.10. The van der Waals surface area contributed by atoms with Gasteiger partial charge in [-0.15, -0.1) is 13.2 Å². The number of amides is 3. The molecule has 8 nitrogen and oxygen atoms in total. The number of likely N-dealkylation sites (tertiary alicyclic amines) is 1. The van der Waals surface area contributed by atoms with Crippen molar-refractivity contribution < 1.29 is 24.2 Å². The molecule has 1 aromatic carbocycles. The van der Waals surface area contributed by atoms with Gasteiger partial charge in [-0.25, -0.2) is 0 Å². The quantitative estimate of drug-likeness (QED) is 0.439. The summed E-state index contributed by atoms with van der Waals surface area (Å²) < 4.78 is 6.84. The molecule has 3 saturated heterocycles. The molecule has 0 aromatic heterocycles. The summed E-state index contributed by atoms with van der Waals surface area (Å²) in [4.78, 5) is 47.9. The first-order chi connectivity index (χ1) is 18.5. The van der Waals surface area contributed by atoms with Crippen LogP contribution in [0.5, 0.6) is 0 Å². The van der Waals surface area contributed by atoms with Crippen molar-refractivity contribution in [2.45, 2.75) is 76.9 Å². The summed E-state index contributed by atoms with van der Waals surface area (Å²) in [5.74, 6) is -2.37. The Morgan fingerprint density at radius 1 is 1.15 bits per heavy atom. The molecule has 7 atom stereocenters. The highest BCUT2D eigenvalue weighted by Crippen LogP contribution is 2.65. The maximum Gasteiger partial charge on any atom is 0.248 e. The van der Waals surface area contributed by atoms with E-state index < -0.39 is 35.1 Å². The van der Waals surface area contributed by atoms with Gasteiger partial charge in [-0.3, -0.25) is 14.4 Å². The Kier molecular flexibility index (Phi) is 8.11. The lowest BCUT2D eigenvalue weighted by atomic mass is 9.62. The first-order valence-electron chi connectivity index (χ1n) is 14.0. The molecule has 0 radical (unpaired) electrons. The molecule has 2 bridgehead atoms. The van der Waals surface area contributed by atoms with E-state index in [4.69, 9.17) is 4.74 Å². The summed E-state index contributed by atoms with van der Waals surface area (Å²) in [6.07, 6.45) is 3.84. The van der Waals surface area contributed by atoms with Gasteiger partial charge in [0.15, 0.2) is 0 Å². The molecular weight excluding hydrogens is 494 g/mol. The van der Waals surface area contributed by atoms with E-state index in [0.717, 1.165) is 5.56 Å². The first-order valence-corrected chi connectivity index (χ1v) is 14.0. The minimum absolute atomic E-state index is 0.0654. The smallest absolute Gasteiger partial charge is 0.248 e. The van der Waals surface area contributed by atoms with Crippen LogP contribution in [-0.2, 0) is 25.7 Å². The molecular formula is C31H43N3O5. The normalized spacial score (nSPS) is 31.8. The molecule has 3 fully saturated rings. The van der Waals surface area contributed by atoms with Gasteiger partial charge in [0.05, 0.1) is 30.1 Å². The monoisotopic (exact) mass is 537 g/mol. The minimum Gasteiger partial charge on any atom is -0.394 e.